The van der Waals surface area contributed by atoms with Gasteiger partial charge in [0.15, 0.2) is 0 Å². The van der Waals surface area contributed by atoms with Crippen molar-refractivity contribution >= 4 is 0 Å². The maximum Gasteiger partial charge on any atom is 0 e. The molecule has 2 nitrogen and oxygen atoms in total. The molecule has 0 heterocycles. The zero-order valence-corrected chi connectivity index (χ0v) is 4.97. The summed E-state index contributed by atoms with van der Waals surface area (Å²) in [5, 5.41) is 0. The van der Waals surface area contributed by atoms with Crippen LogP contribution in [0.2, 0.25) is 0 Å². The predicted octanol–water partition coefficient (Wildman–Crippen LogP) is -0.243. The Morgan fingerprint density at radius 1 is 1.25 bits per heavy atom. The Morgan fingerprint density at radius 2 is 1.25 bits per heavy atom. The smallest absolute Gasteiger partial charge is 0 e. The molecule has 0 aliphatic heterocycles. The van der Waals surface area contributed by atoms with Crippen molar-refractivity contribution in [2.45, 2.75) is 0 Å². The standard InChI is InChI=1S/2O.Ru.Ti. The molecule has 0 amide bonds. The van der Waals surface area contributed by atoms with Crippen molar-refractivity contribution in [2.24, 2.45) is 0 Å². The van der Waals surface area contributed by atoms with Crippen LogP contribution in [0.15, 0.2) is 0 Å². The van der Waals surface area contributed by atoms with Crippen molar-refractivity contribution in [3.63, 3.8) is 0 Å². The maximum atomic E-state index is 8.46. The largest absolute Gasteiger partial charge is 0 e. The minimum absolute atomic E-state index is 0. The molecule has 0 N–H and O–H groups in total. The molecule has 0 saturated heterocycles. The second kappa shape index (κ2) is 9.05. The van der Waals surface area contributed by atoms with Gasteiger partial charge >= 0.3 is 24.2 Å². The van der Waals surface area contributed by atoms with Gasteiger partial charge < -0.3 is 0 Å². The van der Waals surface area contributed by atoms with E-state index in [1.165, 1.54) is 0 Å². The fourth-order valence-electron chi connectivity index (χ4n) is 0. The SMILES string of the molecule is [O]=[Ru]=[O].[Ti]. The fraction of sp³-hybridized carbons (Fsp3) is 0. The van der Waals surface area contributed by atoms with Gasteiger partial charge in [0.25, 0.3) is 0 Å². The Hall–Kier alpha value is 0.938. The van der Waals surface area contributed by atoms with E-state index in [9.17, 15) is 0 Å². The van der Waals surface area contributed by atoms with Crippen LogP contribution in [0.25, 0.3) is 0 Å². The van der Waals surface area contributed by atoms with E-state index < -0.39 is 17.0 Å². The van der Waals surface area contributed by atoms with Crippen molar-refractivity contribution in [1.82, 2.24) is 0 Å². The summed E-state index contributed by atoms with van der Waals surface area (Å²) in [6.45, 7) is 0. The van der Waals surface area contributed by atoms with Crippen LogP contribution in [-0.2, 0) is 45.9 Å². The van der Waals surface area contributed by atoms with E-state index in [2.05, 4.69) is 0 Å². The maximum absolute atomic E-state index is 8.46. The van der Waals surface area contributed by atoms with E-state index in [0.29, 0.717) is 0 Å². The number of hydrogen-bond acceptors (Lipinski definition) is 2. The second-order valence-electron chi connectivity index (χ2n) is 0.0589. The molecule has 0 aromatic heterocycles. The molecule has 0 fully saturated rings. The van der Waals surface area contributed by atoms with E-state index in [1.54, 1.807) is 0 Å². The number of rotatable bonds is 0. The molecule has 0 aromatic carbocycles. The summed E-state index contributed by atoms with van der Waals surface area (Å²) >= 11 is -1.79. The molecule has 24 valence electrons. The van der Waals surface area contributed by atoms with Crippen LogP contribution in [0.1, 0.15) is 0 Å². The van der Waals surface area contributed by atoms with Crippen molar-refractivity contribution in [3.05, 3.63) is 0 Å². The summed E-state index contributed by atoms with van der Waals surface area (Å²) in [6, 6.07) is 0. The zero-order valence-electron chi connectivity index (χ0n) is 1.67. The molecule has 0 spiro atoms. The van der Waals surface area contributed by atoms with Crippen molar-refractivity contribution in [1.29, 1.82) is 0 Å². The van der Waals surface area contributed by atoms with Gasteiger partial charge in [0.2, 0.25) is 0 Å². The quantitative estimate of drug-likeness (QED) is 0.483. The summed E-state index contributed by atoms with van der Waals surface area (Å²) in [7, 11) is 0. The fourth-order valence-corrected chi connectivity index (χ4v) is 0. The summed E-state index contributed by atoms with van der Waals surface area (Å²) in [4.78, 5) is 0. The van der Waals surface area contributed by atoms with Gasteiger partial charge in [0.05, 0.1) is 0 Å². The third-order valence-electron chi connectivity index (χ3n) is 0. The second-order valence-corrected chi connectivity index (χ2v) is 0.349. The first kappa shape index (κ1) is 8.87. The molecule has 0 radical (unpaired) electrons. The molecular weight excluding hydrogens is 181 g/mol. The van der Waals surface area contributed by atoms with Gasteiger partial charge in [-0.05, 0) is 0 Å². The zero-order chi connectivity index (χ0) is 2.71. The molecule has 0 aliphatic carbocycles. The van der Waals surface area contributed by atoms with Gasteiger partial charge in [-0.2, -0.15) is 0 Å². The van der Waals surface area contributed by atoms with E-state index in [1.807, 2.05) is 0 Å². The van der Waals surface area contributed by atoms with Gasteiger partial charge in [-0.1, -0.05) is 0 Å². The van der Waals surface area contributed by atoms with Crippen LogP contribution in [0.3, 0.4) is 0 Å². The Kier molecular flexibility index (Phi) is 20.1. The third-order valence-corrected chi connectivity index (χ3v) is 0. The molecule has 0 aliphatic rings. The molecule has 0 bridgehead atoms. The van der Waals surface area contributed by atoms with Crippen LogP contribution in [0.4, 0.5) is 0 Å². The van der Waals surface area contributed by atoms with Crippen LogP contribution >= 0.6 is 0 Å². The third kappa shape index (κ3) is 12.5. The molecule has 0 aromatic rings. The van der Waals surface area contributed by atoms with Gasteiger partial charge in [-0.15, -0.1) is 0 Å². The Balaban J connectivity index is 0. The van der Waals surface area contributed by atoms with Crippen LogP contribution in [-0.4, -0.2) is 0 Å². The molecule has 0 unspecified atom stereocenters. The van der Waals surface area contributed by atoms with Gasteiger partial charge in [-0.25, -0.2) is 0 Å². The number of hydrogen-bond donors (Lipinski definition) is 0. The van der Waals surface area contributed by atoms with E-state index in [0.717, 1.165) is 0 Å². The molecular formula is O2RuTi. The minimum atomic E-state index is -1.79. The van der Waals surface area contributed by atoms with Gasteiger partial charge in [0.1, 0.15) is 0 Å². The van der Waals surface area contributed by atoms with Crippen molar-refractivity contribution < 1.29 is 45.9 Å². The normalized spacial score (nSPS) is 4.00. The van der Waals surface area contributed by atoms with Gasteiger partial charge in [0, 0.05) is 21.7 Å². The van der Waals surface area contributed by atoms with Crippen LogP contribution in [0.5, 0.6) is 0 Å². The summed E-state index contributed by atoms with van der Waals surface area (Å²) < 4.78 is 16.9. The monoisotopic (exact) mass is 182 g/mol. The average Bonchev–Trinajstić information content (AvgIpc) is 0.918. The van der Waals surface area contributed by atoms with Crippen LogP contribution in [0, 0.1) is 0 Å². The topological polar surface area (TPSA) is 34.1 Å². The van der Waals surface area contributed by atoms with E-state index in [4.69, 9.17) is 7.15 Å². The molecule has 4 heteroatoms. The predicted molar refractivity (Wildman–Crippen MR) is 1.37 cm³/mol. The summed E-state index contributed by atoms with van der Waals surface area (Å²) in [5.41, 5.74) is 0. The molecule has 4 heavy (non-hydrogen) atoms. The van der Waals surface area contributed by atoms with Crippen molar-refractivity contribution in [3.8, 4) is 0 Å². The van der Waals surface area contributed by atoms with Crippen molar-refractivity contribution in [2.75, 3.05) is 0 Å². The first-order valence-electron chi connectivity index (χ1n) is 0.289. The Morgan fingerprint density at radius 3 is 1.25 bits per heavy atom. The molecule has 0 atom stereocenters. The van der Waals surface area contributed by atoms with E-state index in [-0.39, 0.29) is 21.7 Å². The first-order chi connectivity index (χ1) is 1.41. The molecule has 0 rings (SSSR count). The molecule has 0 saturated carbocycles. The van der Waals surface area contributed by atoms with E-state index >= 15 is 0 Å². The summed E-state index contributed by atoms with van der Waals surface area (Å²) in [6.07, 6.45) is 0. The Bertz CT molecular complexity index is 27.0. The summed E-state index contributed by atoms with van der Waals surface area (Å²) in [5.74, 6) is 0. The Labute approximate surface area is 46.0 Å². The average molecular weight is 181 g/mol. The minimum Gasteiger partial charge on any atom is 0 e. The van der Waals surface area contributed by atoms with Crippen LogP contribution < -0.4 is 0 Å². The first-order valence-corrected chi connectivity index (χ1v) is 1.71. The van der Waals surface area contributed by atoms with Gasteiger partial charge in [-0.3, -0.25) is 0 Å².